The van der Waals surface area contributed by atoms with E-state index in [1.807, 2.05) is 0 Å². The third-order valence-electron chi connectivity index (χ3n) is 13.5. The predicted octanol–water partition coefficient (Wildman–Crippen LogP) is 16.4. The predicted molar refractivity (Wildman–Crippen MR) is 262 cm³/mol. The molecule has 2 nitrogen and oxygen atoms in total. The van der Waals surface area contributed by atoms with Gasteiger partial charge < -0.3 is 9.64 Å². The Morgan fingerprint density at radius 3 is 1.54 bits per heavy atom. The van der Waals surface area contributed by atoms with Crippen molar-refractivity contribution in [3.8, 4) is 44.9 Å². The monoisotopic (exact) mass is 801 g/mol. The van der Waals surface area contributed by atoms with Gasteiger partial charge in [-0.05, 0) is 85.4 Å². The first-order chi connectivity index (χ1) is 31.3. The molecule has 0 saturated heterocycles. The summed E-state index contributed by atoms with van der Waals surface area (Å²) in [7, 11) is 0. The van der Waals surface area contributed by atoms with Crippen LogP contribution < -0.4 is 9.64 Å². The van der Waals surface area contributed by atoms with Crippen molar-refractivity contribution in [1.82, 2.24) is 0 Å². The molecular weight excluding hydrogens is 763 g/mol. The van der Waals surface area contributed by atoms with Gasteiger partial charge in [-0.3, -0.25) is 0 Å². The van der Waals surface area contributed by atoms with Crippen molar-refractivity contribution < 1.29 is 4.74 Å². The number of nitrogens with zero attached hydrogens (tertiary/aromatic N) is 1. The molecule has 1 aliphatic heterocycles. The molecule has 294 valence electrons. The average Bonchev–Trinajstić information content (AvgIpc) is 3.64. The number of para-hydroxylation sites is 1. The minimum Gasteiger partial charge on any atom is -0.455 e. The highest BCUT2D eigenvalue weighted by Gasteiger charge is 2.52. The Bertz CT molecular complexity index is 3520. The van der Waals surface area contributed by atoms with Gasteiger partial charge in [0.15, 0.2) is 0 Å². The second kappa shape index (κ2) is 13.9. The number of ether oxygens (including phenoxy) is 1. The molecule has 11 aromatic carbocycles. The van der Waals surface area contributed by atoms with Crippen LogP contribution in [0.25, 0.3) is 65.7 Å². The molecule has 0 amide bonds. The fourth-order valence-corrected chi connectivity index (χ4v) is 10.7. The van der Waals surface area contributed by atoms with Crippen LogP contribution in [0.2, 0.25) is 0 Å². The SMILES string of the molecule is c1ccc(-c2ccccc2N(c2ccc(-c3ccc4c(c3)C3(c5ccccc5-4)c4ccc5ccccc5c4Oc4c3ccc3ccccc43)cc2)c2cccc3ccccc23)cc1. The standard InChI is InChI=1S/C61H39NO/c1-2-15-41(16-3-1)47-22-11-13-27-57(47)62(58-28-14-20-42-17-4-7-21-48(42)58)46-34-29-40(30-35-46)45-31-36-52-51-25-10-12-26-53(51)61(56(52)39-45)54-37-32-43-18-5-8-23-49(43)59(54)63-60-50-24-9-6-19-44(50)33-38-55(60)61/h1-39H. The molecule has 0 aromatic heterocycles. The summed E-state index contributed by atoms with van der Waals surface area (Å²) in [5.74, 6) is 1.86. The first-order valence-electron chi connectivity index (χ1n) is 21.8. The highest BCUT2D eigenvalue weighted by molar-refractivity contribution is 6.02. The van der Waals surface area contributed by atoms with E-state index in [1.165, 1.54) is 71.6 Å². The lowest BCUT2D eigenvalue weighted by Gasteiger charge is -2.40. The van der Waals surface area contributed by atoms with Crippen molar-refractivity contribution >= 4 is 49.4 Å². The van der Waals surface area contributed by atoms with E-state index < -0.39 is 5.41 Å². The Kier molecular flexibility index (Phi) is 7.85. The van der Waals surface area contributed by atoms with Crippen LogP contribution in [-0.4, -0.2) is 0 Å². The van der Waals surface area contributed by atoms with Gasteiger partial charge in [-0.15, -0.1) is 0 Å². The number of hydrogen-bond acceptors (Lipinski definition) is 2. The number of hydrogen-bond donors (Lipinski definition) is 0. The highest BCUT2D eigenvalue weighted by atomic mass is 16.5. The molecule has 0 fully saturated rings. The van der Waals surface area contributed by atoms with Gasteiger partial charge >= 0.3 is 0 Å². The quantitative estimate of drug-likeness (QED) is 0.172. The molecule has 1 spiro atoms. The molecule has 2 aliphatic rings. The third-order valence-corrected chi connectivity index (χ3v) is 13.5. The van der Waals surface area contributed by atoms with Crippen LogP contribution in [0.1, 0.15) is 22.3 Å². The summed E-state index contributed by atoms with van der Waals surface area (Å²) in [6, 6.07) is 86.4. The molecule has 1 aliphatic carbocycles. The fraction of sp³-hybridized carbons (Fsp3) is 0.0164. The van der Waals surface area contributed by atoms with Crippen LogP contribution in [0.15, 0.2) is 237 Å². The van der Waals surface area contributed by atoms with Crippen LogP contribution >= 0.6 is 0 Å². The summed E-state index contributed by atoms with van der Waals surface area (Å²) in [5.41, 5.74) is 14.9. The summed E-state index contributed by atoms with van der Waals surface area (Å²) in [5, 5.41) is 6.98. The van der Waals surface area contributed by atoms with Gasteiger partial charge in [0.2, 0.25) is 0 Å². The Labute approximate surface area is 366 Å². The van der Waals surface area contributed by atoms with Gasteiger partial charge in [-0.25, -0.2) is 0 Å². The molecule has 11 aromatic rings. The molecule has 1 heterocycles. The highest BCUT2D eigenvalue weighted by Crippen LogP contribution is 2.64. The molecule has 0 N–H and O–H groups in total. The average molecular weight is 802 g/mol. The first-order valence-corrected chi connectivity index (χ1v) is 21.8. The van der Waals surface area contributed by atoms with Crippen molar-refractivity contribution in [3.05, 3.63) is 259 Å². The Hall–Kier alpha value is -8.20. The second-order valence-corrected chi connectivity index (χ2v) is 16.7. The minimum absolute atomic E-state index is 0.606. The van der Waals surface area contributed by atoms with Crippen molar-refractivity contribution in [2.45, 2.75) is 5.41 Å². The van der Waals surface area contributed by atoms with Crippen molar-refractivity contribution in [2.24, 2.45) is 0 Å². The van der Waals surface area contributed by atoms with Crippen LogP contribution in [-0.2, 0) is 5.41 Å². The molecule has 63 heavy (non-hydrogen) atoms. The Morgan fingerprint density at radius 2 is 0.825 bits per heavy atom. The van der Waals surface area contributed by atoms with Gasteiger partial charge in [0.25, 0.3) is 0 Å². The summed E-state index contributed by atoms with van der Waals surface area (Å²) >= 11 is 0. The summed E-state index contributed by atoms with van der Waals surface area (Å²) < 4.78 is 7.20. The van der Waals surface area contributed by atoms with Crippen LogP contribution in [0.4, 0.5) is 17.1 Å². The molecule has 2 heteroatoms. The number of fused-ring (bicyclic) bond motifs is 14. The smallest absolute Gasteiger partial charge is 0.140 e. The maximum atomic E-state index is 7.20. The van der Waals surface area contributed by atoms with Crippen LogP contribution in [0, 0.1) is 0 Å². The fourth-order valence-electron chi connectivity index (χ4n) is 10.7. The minimum atomic E-state index is -0.606. The van der Waals surface area contributed by atoms with Crippen molar-refractivity contribution in [2.75, 3.05) is 4.90 Å². The zero-order valence-corrected chi connectivity index (χ0v) is 34.4. The molecular formula is C61H39NO. The normalized spacial score (nSPS) is 13.0. The van der Waals surface area contributed by atoms with E-state index in [-0.39, 0.29) is 0 Å². The molecule has 0 saturated carbocycles. The second-order valence-electron chi connectivity index (χ2n) is 16.7. The van der Waals surface area contributed by atoms with Gasteiger partial charge in [0.1, 0.15) is 11.5 Å². The Balaban J connectivity index is 1.02. The lowest BCUT2D eigenvalue weighted by atomic mass is 9.65. The summed E-state index contributed by atoms with van der Waals surface area (Å²) in [6.07, 6.45) is 0. The largest absolute Gasteiger partial charge is 0.455 e. The third kappa shape index (κ3) is 5.25. The molecule has 0 atom stereocenters. The lowest BCUT2D eigenvalue weighted by Crippen LogP contribution is -2.32. The zero-order chi connectivity index (χ0) is 41.5. The van der Waals surface area contributed by atoms with Crippen LogP contribution in [0.5, 0.6) is 11.5 Å². The van der Waals surface area contributed by atoms with E-state index in [9.17, 15) is 0 Å². The topological polar surface area (TPSA) is 12.5 Å². The van der Waals surface area contributed by atoms with E-state index in [0.717, 1.165) is 44.9 Å². The van der Waals surface area contributed by atoms with Gasteiger partial charge in [0.05, 0.1) is 16.8 Å². The number of anilines is 3. The number of rotatable bonds is 5. The van der Waals surface area contributed by atoms with E-state index in [1.54, 1.807) is 0 Å². The number of benzene rings is 11. The molecule has 0 bridgehead atoms. The van der Waals surface area contributed by atoms with Crippen molar-refractivity contribution in [3.63, 3.8) is 0 Å². The van der Waals surface area contributed by atoms with Gasteiger partial charge in [-0.2, -0.15) is 0 Å². The van der Waals surface area contributed by atoms with E-state index >= 15 is 0 Å². The zero-order valence-electron chi connectivity index (χ0n) is 34.4. The van der Waals surface area contributed by atoms with Crippen molar-refractivity contribution in [1.29, 1.82) is 0 Å². The maximum Gasteiger partial charge on any atom is 0.140 e. The van der Waals surface area contributed by atoms with E-state index in [2.05, 4.69) is 241 Å². The summed E-state index contributed by atoms with van der Waals surface area (Å²) in [6.45, 7) is 0. The molecule has 0 unspecified atom stereocenters. The van der Waals surface area contributed by atoms with Gasteiger partial charge in [0, 0.05) is 38.5 Å². The van der Waals surface area contributed by atoms with Crippen LogP contribution in [0.3, 0.4) is 0 Å². The van der Waals surface area contributed by atoms with E-state index in [4.69, 9.17) is 4.74 Å². The maximum absolute atomic E-state index is 7.20. The van der Waals surface area contributed by atoms with Gasteiger partial charge in [-0.1, -0.05) is 206 Å². The molecule has 0 radical (unpaired) electrons. The first kappa shape index (κ1) is 35.5. The lowest BCUT2D eigenvalue weighted by molar-refractivity contribution is 0.447. The Morgan fingerprint density at radius 1 is 0.302 bits per heavy atom. The molecule has 13 rings (SSSR count). The summed E-state index contributed by atoms with van der Waals surface area (Å²) in [4.78, 5) is 2.42. The van der Waals surface area contributed by atoms with E-state index in [0.29, 0.717) is 0 Å².